The molecule has 0 saturated heterocycles. The molecule has 2 aromatic rings. The van der Waals surface area contributed by atoms with Crippen LogP contribution in [0.25, 0.3) is 0 Å². The van der Waals surface area contributed by atoms with E-state index in [0.29, 0.717) is 12.2 Å². The Bertz CT molecular complexity index is 813. The zero-order chi connectivity index (χ0) is 17.7. The Morgan fingerprint density at radius 2 is 1.83 bits per heavy atom. The van der Waals surface area contributed by atoms with Gasteiger partial charge in [-0.3, -0.25) is 4.79 Å². The maximum absolute atomic E-state index is 12.4. The molecule has 1 atom stereocenters. The van der Waals surface area contributed by atoms with Crippen LogP contribution in [0.15, 0.2) is 53.4 Å². The summed E-state index contributed by atoms with van der Waals surface area (Å²) in [6, 6.07) is 13.5. The van der Waals surface area contributed by atoms with Crippen molar-refractivity contribution in [3.63, 3.8) is 0 Å². The van der Waals surface area contributed by atoms with Gasteiger partial charge in [-0.25, -0.2) is 8.42 Å². The third kappa shape index (κ3) is 4.66. The second-order valence-electron chi connectivity index (χ2n) is 5.67. The predicted octanol–water partition coefficient (Wildman–Crippen LogP) is 2.73. The van der Waals surface area contributed by atoms with Crippen molar-refractivity contribution in [3.8, 4) is 0 Å². The van der Waals surface area contributed by atoms with Crippen LogP contribution in [0.1, 0.15) is 34.5 Å². The predicted molar refractivity (Wildman–Crippen MR) is 92.6 cm³/mol. The largest absolute Gasteiger partial charge is 0.380 e. The van der Waals surface area contributed by atoms with Crippen LogP contribution < -0.4 is 5.32 Å². The molecule has 128 valence electrons. The lowest BCUT2D eigenvalue weighted by Crippen LogP contribution is -2.26. The van der Waals surface area contributed by atoms with E-state index in [1.807, 2.05) is 19.1 Å². The minimum absolute atomic E-state index is 0.187. The second-order valence-corrected chi connectivity index (χ2v) is 7.69. The molecular formula is C18H21NO4S. The fraction of sp³-hybridized carbons (Fsp3) is 0.278. The topological polar surface area (TPSA) is 72.5 Å². The maximum Gasteiger partial charge on any atom is 0.251 e. The molecule has 0 saturated carbocycles. The highest BCUT2D eigenvalue weighted by Crippen LogP contribution is 2.17. The average Bonchev–Trinajstić information content (AvgIpc) is 2.54. The molecule has 0 fully saturated rings. The summed E-state index contributed by atoms with van der Waals surface area (Å²) in [4.78, 5) is 12.6. The molecule has 1 amide bonds. The highest BCUT2D eigenvalue weighted by molar-refractivity contribution is 7.90. The van der Waals surface area contributed by atoms with E-state index >= 15 is 0 Å². The number of hydrogen-bond acceptors (Lipinski definition) is 4. The Morgan fingerprint density at radius 1 is 1.17 bits per heavy atom. The zero-order valence-electron chi connectivity index (χ0n) is 13.9. The molecule has 6 heteroatoms. The molecule has 0 radical (unpaired) electrons. The molecule has 2 rings (SSSR count). The molecule has 0 aromatic heterocycles. The van der Waals surface area contributed by atoms with Crippen LogP contribution in [-0.4, -0.2) is 27.7 Å². The summed E-state index contributed by atoms with van der Waals surface area (Å²) in [6.45, 7) is 2.30. The number of nitrogens with one attached hydrogen (secondary N) is 1. The lowest BCUT2D eigenvalue weighted by atomic mass is 10.1. The van der Waals surface area contributed by atoms with Gasteiger partial charge < -0.3 is 10.1 Å². The molecular weight excluding hydrogens is 326 g/mol. The van der Waals surface area contributed by atoms with Crippen molar-refractivity contribution < 1.29 is 17.9 Å². The minimum Gasteiger partial charge on any atom is -0.380 e. The number of ether oxygens (including phenoxy) is 1. The molecule has 24 heavy (non-hydrogen) atoms. The van der Waals surface area contributed by atoms with Gasteiger partial charge >= 0.3 is 0 Å². The Labute approximate surface area is 142 Å². The number of sulfone groups is 1. The smallest absolute Gasteiger partial charge is 0.251 e. The lowest BCUT2D eigenvalue weighted by molar-refractivity contribution is 0.0939. The summed E-state index contributed by atoms with van der Waals surface area (Å²) in [5, 5.41) is 2.91. The van der Waals surface area contributed by atoms with E-state index < -0.39 is 9.84 Å². The van der Waals surface area contributed by atoms with E-state index in [1.165, 1.54) is 6.26 Å². The lowest BCUT2D eigenvalue weighted by Gasteiger charge is -2.15. The van der Waals surface area contributed by atoms with Gasteiger partial charge in [0.25, 0.3) is 5.91 Å². The molecule has 0 aliphatic rings. The molecule has 1 unspecified atom stereocenters. The van der Waals surface area contributed by atoms with E-state index in [-0.39, 0.29) is 16.8 Å². The molecule has 0 aliphatic heterocycles. The Kier molecular flexibility index (Phi) is 5.75. The molecule has 0 aliphatic carbocycles. The number of carbonyl (C=O) groups excluding carboxylic acids is 1. The highest BCUT2D eigenvalue weighted by Gasteiger charge is 2.13. The van der Waals surface area contributed by atoms with Gasteiger partial charge in [0, 0.05) is 18.9 Å². The van der Waals surface area contributed by atoms with Gasteiger partial charge in [0.15, 0.2) is 9.84 Å². The van der Waals surface area contributed by atoms with Gasteiger partial charge in [-0.05, 0) is 42.3 Å². The van der Waals surface area contributed by atoms with Gasteiger partial charge in [0.2, 0.25) is 0 Å². The average molecular weight is 347 g/mol. The van der Waals surface area contributed by atoms with Gasteiger partial charge in [-0.15, -0.1) is 0 Å². The van der Waals surface area contributed by atoms with E-state index in [0.717, 1.165) is 11.1 Å². The first kappa shape index (κ1) is 18.2. The summed E-state index contributed by atoms with van der Waals surface area (Å²) in [6.07, 6.45) is 1.17. The van der Waals surface area contributed by atoms with Gasteiger partial charge in [-0.2, -0.15) is 0 Å². The normalized spacial score (nSPS) is 12.6. The maximum atomic E-state index is 12.4. The van der Waals surface area contributed by atoms with E-state index in [1.54, 1.807) is 43.5 Å². The fourth-order valence-electron chi connectivity index (χ4n) is 2.34. The standard InChI is InChI=1S/C18H21NO4S/c1-13(15-7-9-17(10-8-15)24(3,21)22)19-18(20)16-6-4-5-14(11-16)12-23-2/h4-11,13H,12H2,1-3H3,(H,19,20). The Morgan fingerprint density at radius 3 is 2.42 bits per heavy atom. The summed E-state index contributed by atoms with van der Waals surface area (Å²) >= 11 is 0. The van der Waals surface area contributed by atoms with Crippen molar-refractivity contribution >= 4 is 15.7 Å². The van der Waals surface area contributed by atoms with Crippen LogP contribution in [0, 0.1) is 0 Å². The quantitative estimate of drug-likeness (QED) is 0.872. The summed E-state index contributed by atoms with van der Waals surface area (Å²) in [5.41, 5.74) is 2.32. The summed E-state index contributed by atoms with van der Waals surface area (Å²) in [5.74, 6) is -0.187. The van der Waals surface area contributed by atoms with Crippen LogP contribution in [0.3, 0.4) is 0 Å². The van der Waals surface area contributed by atoms with E-state index in [9.17, 15) is 13.2 Å². The minimum atomic E-state index is -3.22. The second kappa shape index (κ2) is 7.59. The van der Waals surface area contributed by atoms with Crippen LogP contribution in [0.4, 0.5) is 0 Å². The van der Waals surface area contributed by atoms with Crippen molar-refractivity contribution in [2.24, 2.45) is 0 Å². The first-order valence-electron chi connectivity index (χ1n) is 7.50. The number of methoxy groups -OCH3 is 1. The van der Waals surface area contributed by atoms with E-state index in [4.69, 9.17) is 4.74 Å². The van der Waals surface area contributed by atoms with Crippen LogP contribution in [0.5, 0.6) is 0 Å². The Balaban J connectivity index is 2.10. The molecule has 0 heterocycles. The summed E-state index contributed by atoms with van der Waals surface area (Å²) in [7, 11) is -1.61. The van der Waals surface area contributed by atoms with Crippen LogP contribution >= 0.6 is 0 Å². The first-order chi connectivity index (χ1) is 11.3. The fourth-order valence-corrected chi connectivity index (χ4v) is 2.97. The van der Waals surface area contributed by atoms with Gasteiger partial charge in [-0.1, -0.05) is 24.3 Å². The van der Waals surface area contributed by atoms with Crippen LogP contribution in [-0.2, 0) is 21.2 Å². The van der Waals surface area contributed by atoms with Crippen molar-refractivity contribution in [1.29, 1.82) is 0 Å². The number of hydrogen-bond donors (Lipinski definition) is 1. The first-order valence-corrected chi connectivity index (χ1v) is 9.39. The molecule has 1 N–H and O–H groups in total. The van der Waals surface area contributed by atoms with Crippen molar-refractivity contribution in [1.82, 2.24) is 5.32 Å². The van der Waals surface area contributed by atoms with E-state index in [2.05, 4.69) is 5.32 Å². The van der Waals surface area contributed by atoms with Gasteiger partial charge in [0.1, 0.15) is 0 Å². The number of rotatable bonds is 6. The zero-order valence-corrected chi connectivity index (χ0v) is 14.8. The monoisotopic (exact) mass is 347 g/mol. The van der Waals surface area contributed by atoms with Gasteiger partial charge in [0.05, 0.1) is 17.5 Å². The Hall–Kier alpha value is -2.18. The highest BCUT2D eigenvalue weighted by atomic mass is 32.2. The number of benzene rings is 2. The van der Waals surface area contributed by atoms with Crippen LogP contribution in [0.2, 0.25) is 0 Å². The SMILES string of the molecule is COCc1cccc(C(=O)NC(C)c2ccc(S(C)(=O)=O)cc2)c1. The molecule has 5 nitrogen and oxygen atoms in total. The molecule has 0 spiro atoms. The third-order valence-electron chi connectivity index (χ3n) is 3.66. The number of amides is 1. The van der Waals surface area contributed by atoms with Crippen molar-refractivity contribution in [3.05, 3.63) is 65.2 Å². The van der Waals surface area contributed by atoms with Crippen molar-refractivity contribution in [2.75, 3.05) is 13.4 Å². The molecule has 2 aromatic carbocycles. The van der Waals surface area contributed by atoms with Crippen molar-refractivity contribution in [2.45, 2.75) is 24.5 Å². The molecule has 0 bridgehead atoms. The third-order valence-corrected chi connectivity index (χ3v) is 4.78. The summed E-state index contributed by atoms with van der Waals surface area (Å²) < 4.78 is 28.0. The number of carbonyl (C=O) groups is 1.